The number of rotatable bonds is 0. The predicted molar refractivity (Wildman–Crippen MR) is 66.7 cm³/mol. The SMILES string of the molecule is Oc1ccc2c(c1)OC1(CC1)c1cc(O)cc(F)c1-2. The number of phenolic OH excluding ortho intramolecular Hbond substituents is 2. The third-order valence-corrected chi connectivity index (χ3v) is 3.81. The highest BCUT2D eigenvalue weighted by molar-refractivity contribution is 5.79. The fourth-order valence-electron chi connectivity index (χ4n) is 2.78. The monoisotopic (exact) mass is 258 g/mol. The Balaban J connectivity index is 2.07. The van der Waals surface area contributed by atoms with Crippen LogP contribution in [0.2, 0.25) is 0 Å². The summed E-state index contributed by atoms with van der Waals surface area (Å²) in [5.74, 6) is 0.0386. The Morgan fingerprint density at radius 1 is 1.05 bits per heavy atom. The van der Waals surface area contributed by atoms with E-state index in [0.29, 0.717) is 22.4 Å². The Morgan fingerprint density at radius 2 is 1.84 bits per heavy atom. The maximum atomic E-state index is 14.2. The van der Waals surface area contributed by atoms with Gasteiger partial charge in [0.25, 0.3) is 0 Å². The fourth-order valence-corrected chi connectivity index (χ4v) is 2.78. The van der Waals surface area contributed by atoms with E-state index < -0.39 is 11.4 Å². The molecule has 1 fully saturated rings. The van der Waals surface area contributed by atoms with E-state index in [2.05, 4.69) is 0 Å². The van der Waals surface area contributed by atoms with Crippen LogP contribution in [0.25, 0.3) is 11.1 Å². The number of hydrogen-bond acceptors (Lipinski definition) is 3. The molecular formula is C15H11FO3. The molecule has 0 aromatic heterocycles. The minimum Gasteiger partial charge on any atom is -0.508 e. The molecule has 0 atom stereocenters. The van der Waals surface area contributed by atoms with Crippen molar-refractivity contribution in [2.24, 2.45) is 0 Å². The molecule has 4 heteroatoms. The molecule has 0 unspecified atom stereocenters. The molecule has 2 N–H and O–H groups in total. The topological polar surface area (TPSA) is 49.7 Å². The maximum absolute atomic E-state index is 14.2. The molecule has 0 saturated heterocycles. The lowest BCUT2D eigenvalue weighted by atomic mass is 9.90. The predicted octanol–water partition coefficient (Wildman–Crippen LogP) is 3.29. The molecule has 4 rings (SSSR count). The van der Waals surface area contributed by atoms with Gasteiger partial charge in [-0.25, -0.2) is 4.39 Å². The zero-order valence-electron chi connectivity index (χ0n) is 9.98. The first-order valence-corrected chi connectivity index (χ1v) is 6.14. The van der Waals surface area contributed by atoms with Crippen molar-refractivity contribution >= 4 is 0 Å². The molecule has 1 aliphatic carbocycles. The van der Waals surface area contributed by atoms with Gasteiger partial charge in [-0.2, -0.15) is 0 Å². The van der Waals surface area contributed by atoms with Crippen LogP contribution >= 0.6 is 0 Å². The van der Waals surface area contributed by atoms with E-state index in [4.69, 9.17) is 4.74 Å². The van der Waals surface area contributed by atoms with E-state index in [-0.39, 0.29) is 11.5 Å². The van der Waals surface area contributed by atoms with Gasteiger partial charge in [-0.15, -0.1) is 0 Å². The molecular weight excluding hydrogens is 247 g/mol. The second kappa shape index (κ2) is 3.20. The van der Waals surface area contributed by atoms with Crippen molar-refractivity contribution in [1.82, 2.24) is 0 Å². The van der Waals surface area contributed by atoms with Crippen molar-refractivity contribution < 1.29 is 19.3 Å². The van der Waals surface area contributed by atoms with Gasteiger partial charge in [0.1, 0.15) is 28.7 Å². The Kier molecular flexibility index (Phi) is 1.80. The van der Waals surface area contributed by atoms with Gasteiger partial charge in [-0.1, -0.05) is 0 Å². The van der Waals surface area contributed by atoms with Crippen LogP contribution in [-0.2, 0) is 5.60 Å². The number of benzene rings is 2. The summed E-state index contributed by atoms with van der Waals surface area (Å²) in [4.78, 5) is 0. The number of fused-ring (bicyclic) bond motifs is 4. The first-order valence-electron chi connectivity index (χ1n) is 6.14. The molecule has 0 bridgehead atoms. The number of hydrogen-bond donors (Lipinski definition) is 2. The lowest BCUT2D eigenvalue weighted by Crippen LogP contribution is -2.21. The quantitative estimate of drug-likeness (QED) is 0.762. The van der Waals surface area contributed by atoms with Gasteiger partial charge in [-0.3, -0.25) is 0 Å². The molecule has 96 valence electrons. The highest BCUT2D eigenvalue weighted by atomic mass is 19.1. The number of ether oxygens (including phenoxy) is 1. The third kappa shape index (κ3) is 1.37. The summed E-state index contributed by atoms with van der Waals surface area (Å²) in [6.45, 7) is 0. The van der Waals surface area contributed by atoms with E-state index in [0.717, 1.165) is 18.9 Å². The van der Waals surface area contributed by atoms with Crippen molar-refractivity contribution in [2.75, 3.05) is 0 Å². The van der Waals surface area contributed by atoms with E-state index in [1.54, 1.807) is 12.1 Å². The smallest absolute Gasteiger partial charge is 0.135 e. The summed E-state index contributed by atoms with van der Waals surface area (Å²) in [5.41, 5.74) is 1.25. The molecule has 2 aromatic rings. The molecule has 19 heavy (non-hydrogen) atoms. The molecule has 3 nitrogen and oxygen atoms in total. The van der Waals surface area contributed by atoms with E-state index >= 15 is 0 Å². The van der Waals surface area contributed by atoms with Gasteiger partial charge in [0.05, 0.1) is 0 Å². The van der Waals surface area contributed by atoms with Crippen LogP contribution in [0.1, 0.15) is 18.4 Å². The molecule has 0 radical (unpaired) electrons. The van der Waals surface area contributed by atoms with Gasteiger partial charge < -0.3 is 14.9 Å². The third-order valence-electron chi connectivity index (χ3n) is 3.81. The van der Waals surface area contributed by atoms with Crippen molar-refractivity contribution in [3.8, 4) is 28.4 Å². The van der Waals surface area contributed by atoms with E-state index in [1.165, 1.54) is 12.1 Å². The minimum atomic E-state index is -0.532. The standard InChI is InChI=1S/C15H11FO3/c16-12-6-9(18)5-11-14(12)10-2-1-8(17)7-13(10)19-15(11)3-4-15/h1-2,5-7,17-18H,3-4H2. The fraction of sp³-hybridized carbons (Fsp3) is 0.200. The molecule has 1 heterocycles. The van der Waals surface area contributed by atoms with Gasteiger partial charge in [0.15, 0.2) is 0 Å². The molecule has 1 aliphatic heterocycles. The van der Waals surface area contributed by atoms with Crippen LogP contribution in [0.15, 0.2) is 30.3 Å². The lowest BCUT2D eigenvalue weighted by molar-refractivity contribution is 0.176. The Morgan fingerprint density at radius 3 is 2.58 bits per heavy atom. The average molecular weight is 258 g/mol. The van der Waals surface area contributed by atoms with Crippen LogP contribution in [-0.4, -0.2) is 10.2 Å². The van der Waals surface area contributed by atoms with E-state index in [9.17, 15) is 14.6 Å². The summed E-state index contributed by atoms with van der Waals surface area (Å²) in [6, 6.07) is 7.32. The Bertz CT molecular complexity index is 705. The second-order valence-corrected chi connectivity index (χ2v) is 5.13. The normalized spacial score (nSPS) is 17.5. The van der Waals surface area contributed by atoms with E-state index in [1.807, 2.05) is 0 Å². The van der Waals surface area contributed by atoms with Gasteiger partial charge in [0.2, 0.25) is 0 Å². The Hall–Kier alpha value is -2.23. The lowest BCUT2D eigenvalue weighted by Gasteiger charge is -2.29. The number of halogens is 1. The first kappa shape index (κ1) is 10.7. The first-order chi connectivity index (χ1) is 9.09. The van der Waals surface area contributed by atoms with Crippen molar-refractivity contribution in [3.63, 3.8) is 0 Å². The molecule has 2 aromatic carbocycles. The highest BCUT2D eigenvalue weighted by Gasteiger charge is 2.52. The zero-order chi connectivity index (χ0) is 13.2. The Labute approximate surface area is 108 Å². The molecule has 2 aliphatic rings. The summed E-state index contributed by atoms with van der Waals surface area (Å²) in [6.07, 6.45) is 1.58. The van der Waals surface area contributed by atoms with Gasteiger partial charge >= 0.3 is 0 Å². The van der Waals surface area contributed by atoms with Crippen molar-refractivity contribution in [1.29, 1.82) is 0 Å². The van der Waals surface area contributed by atoms with Gasteiger partial charge in [-0.05, 0) is 31.0 Å². The summed E-state index contributed by atoms with van der Waals surface area (Å²) >= 11 is 0. The van der Waals surface area contributed by atoms with Crippen molar-refractivity contribution in [3.05, 3.63) is 41.7 Å². The highest BCUT2D eigenvalue weighted by Crippen LogP contribution is 2.58. The van der Waals surface area contributed by atoms with Crippen molar-refractivity contribution in [2.45, 2.75) is 18.4 Å². The van der Waals surface area contributed by atoms with Crippen LogP contribution in [0.4, 0.5) is 4.39 Å². The molecule has 1 spiro atoms. The summed E-state index contributed by atoms with van der Waals surface area (Å²) < 4.78 is 20.1. The van der Waals surface area contributed by atoms with Crippen LogP contribution in [0.5, 0.6) is 17.2 Å². The maximum Gasteiger partial charge on any atom is 0.135 e. The number of aromatic hydroxyl groups is 2. The summed E-state index contributed by atoms with van der Waals surface area (Å²) in [7, 11) is 0. The van der Waals surface area contributed by atoms with Crippen LogP contribution < -0.4 is 4.74 Å². The van der Waals surface area contributed by atoms with Gasteiger partial charge in [0, 0.05) is 28.8 Å². The minimum absolute atomic E-state index is 0.0895. The second-order valence-electron chi connectivity index (χ2n) is 5.13. The van der Waals surface area contributed by atoms with Crippen LogP contribution in [0, 0.1) is 5.82 Å². The zero-order valence-corrected chi connectivity index (χ0v) is 9.98. The largest absolute Gasteiger partial charge is 0.508 e. The molecule has 1 saturated carbocycles. The van der Waals surface area contributed by atoms with Crippen LogP contribution in [0.3, 0.4) is 0 Å². The summed E-state index contributed by atoms with van der Waals surface area (Å²) in [5, 5.41) is 19.1. The number of phenols is 2. The average Bonchev–Trinajstić information content (AvgIpc) is 3.10. The molecule has 0 amide bonds.